The topological polar surface area (TPSA) is 12.0 Å². The van der Waals surface area contributed by atoms with Crippen molar-refractivity contribution >= 4 is 11.6 Å². The van der Waals surface area contributed by atoms with Gasteiger partial charge in [0.15, 0.2) is 0 Å². The van der Waals surface area contributed by atoms with E-state index in [1.54, 1.807) is 0 Å². The molecule has 0 saturated carbocycles. The third-order valence-electron chi connectivity index (χ3n) is 1.54. The van der Waals surface area contributed by atoms with Crippen LogP contribution in [0.5, 0.6) is 0 Å². The smallest absolute Gasteiger partial charge is 0.0577 e. The van der Waals surface area contributed by atoms with Crippen molar-refractivity contribution < 1.29 is 0 Å². The molecule has 1 aromatic carbocycles. The van der Waals surface area contributed by atoms with Crippen LogP contribution in [0.25, 0.3) is 0 Å². The second-order valence-corrected chi connectivity index (χ2v) is 3.29. The first-order valence-corrected chi connectivity index (χ1v) is 4.51. The van der Waals surface area contributed by atoms with Gasteiger partial charge < -0.3 is 5.32 Å². The molecule has 1 aromatic rings. The second kappa shape index (κ2) is 4.91. The van der Waals surface area contributed by atoms with Crippen molar-refractivity contribution in [2.75, 3.05) is 13.6 Å². The van der Waals surface area contributed by atoms with Crippen molar-refractivity contribution in [3.05, 3.63) is 34.3 Å². The van der Waals surface area contributed by atoms with Gasteiger partial charge in [-0.2, -0.15) is 0 Å². The Labute approximate surface area is 84.1 Å². The van der Waals surface area contributed by atoms with E-state index in [-0.39, 0.29) is 0 Å². The monoisotopic (exact) mass is 193 g/mol. The maximum Gasteiger partial charge on any atom is 0.0577 e. The summed E-state index contributed by atoms with van der Waals surface area (Å²) in [5.74, 6) is 6.02. The Balaban J connectivity index is 2.85. The fourth-order valence-corrected chi connectivity index (χ4v) is 1.33. The summed E-state index contributed by atoms with van der Waals surface area (Å²) in [6, 6.07) is 5.82. The van der Waals surface area contributed by atoms with Crippen LogP contribution in [0.15, 0.2) is 18.2 Å². The number of rotatable bonds is 1. The lowest BCUT2D eigenvalue weighted by molar-refractivity contribution is 0.938. The summed E-state index contributed by atoms with van der Waals surface area (Å²) in [6.45, 7) is 2.71. The molecule has 13 heavy (non-hydrogen) atoms. The highest BCUT2D eigenvalue weighted by atomic mass is 35.5. The molecule has 0 unspecified atom stereocenters. The Morgan fingerprint density at radius 2 is 2.15 bits per heavy atom. The van der Waals surface area contributed by atoms with Crippen molar-refractivity contribution in [3.8, 4) is 11.8 Å². The predicted octanol–water partition coefficient (Wildman–Crippen LogP) is 2.22. The van der Waals surface area contributed by atoms with Gasteiger partial charge in [-0.15, -0.1) is 0 Å². The summed E-state index contributed by atoms with van der Waals surface area (Å²) in [6.07, 6.45) is 0. The van der Waals surface area contributed by atoms with Crippen molar-refractivity contribution in [1.29, 1.82) is 0 Å². The quantitative estimate of drug-likeness (QED) is 0.675. The molecule has 0 bridgehead atoms. The van der Waals surface area contributed by atoms with Gasteiger partial charge in [0.05, 0.1) is 6.54 Å². The lowest BCUT2D eigenvalue weighted by atomic mass is 10.1. The molecule has 0 spiro atoms. The average Bonchev–Trinajstić information content (AvgIpc) is 2.03. The first kappa shape index (κ1) is 10.1. The lowest BCUT2D eigenvalue weighted by Gasteiger charge is -1.95. The Bertz CT molecular complexity index is 327. The number of hydrogen-bond donors (Lipinski definition) is 1. The van der Waals surface area contributed by atoms with E-state index in [1.165, 1.54) is 0 Å². The highest BCUT2D eigenvalue weighted by molar-refractivity contribution is 6.30. The van der Waals surface area contributed by atoms with Crippen LogP contribution in [0, 0.1) is 18.8 Å². The minimum Gasteiger partial charge on any atom is -0.309 e. The van der Waals surface area contributed by atoms with Crippen LogP contribution in [0.1, 0.15) is 11.1 Å². The largest absolute Gasteiger partial charge is 0.309 e. The molecule has 2 heteroatoms. The van der Waals surface area contributed by atoms with Gasteiger partial charge in [0.25, 0.3) is 0 Å². The first-order chi connectivity index (χ1) is 6.22. The molecule has 0 radical (unpaired) electrons. The van der Waals surface area contributed by atoms with Gasteiger partial charge in [-0.05, 0) is 37.7 Å². The number of benzene rings is 1. The van der Waals surface area contributed by atoms with Gasteiger partial charge in [-0.3, -0.25) is 0 Å². The summed E-state index contributed by atoms with van der Waals surface area (Å²) < 4.78 is 0. The van der Waals surface area contributed by atoms with Crippen molar-refractivity contribution in [3.63, 3.8) is 0 Å². The van der Waals surface area contributed by atoms with E-state index < -0.39 is 0 Å². The zero-order valence-electron chi connectivity index (χ0n) is 7.82. The van der Waals surface area contributed by atoms with Crippen LogP contribution in [0.3, 0.4) is 0 Å². The van der Waals surface area contributed by atoms with E-state index in [9.17, 15) is 0 Å². The molecule has 0 fully saturated rings. The minimum absolute atomic E-state index is 0.700. The predicted molar refractivity (Wildman–Crippen MR) is 57.0 cm³/mol. The molecule has 0 aliphatic rings. The van der Waals surface area contributed by atoms with Gasteiger partial charge in [0.2, 0.25) is 0 Å². The number of aryl methyl sites for hydroxylation is 1. The molecular formula is C11H12ClN. The van der Waals surface area contributed by atoms with E-state index in [2.05, 4.69) is 17.2 Å². The van der Waals surface area contributed by atoms with Crippen LogP contribution < -0.4 is 5.32 Å². The summed E-state index contributed by atoms with van der Waals surface area (Å²) in [5.41, 5.74) is 2.11. The maximum atomic E-state index is 5.88. The summed E-state index contributed by atoms with van der Waals surface area (Å²) in [7, 11) is 1.87. The summed E-state index contributed by atoms with van der Waals surface area (Å²) in [4.78, 5) is 0. The van der Waals surface area contributed by atoms with E-state index in [0.717, 1.165) is 16.1 Å². The SMILES string of the molecule is CNCC#Cc1cc(C)cc(Cl)c1. The Morgan fingerprint density at radius 3 is 2.77 bits per heavy atom. The van der Waals surface area contributed by atoms with Crippen LogP contribution in [0.2, 0.25) is 5.02 Å². The number of hydrogen-bond acceptors (Lipinski definition) is 1. The van der Waals surface area contributed by atoms with E-state index in [0.29, 0.717) is 6.54 Å². The Hall–Kier alpha value is -0.970. The molecule has 1 rings (SSSR count). The van der Waals surface area contributed by atoms with Gasteiger partial charge in [-0.25, -0.2) is 0 Å². The Morgan fingerprint density at radius 1 is 1.38 bits per heavy atom. The van der Waals surface area contributed by atoms with E-state index in [4.69, 9.17) is 11.6 Å². The van der Waals surface area contributed by atoms with Crippen LogP contribution in [0.4, 0.5) is 0 Å². The number of halogens is 1. The minimum atomic E-state index is 0.700. The van der Waals surface area contributed by atoms with Crippen LogP contribution in [-0.4, -0.2) is 13.6 Å². The van der Waals surface area contributed by atoms with Gasteiger partial charge in [-0.1, -0.05) is 23.4 Å². The van der Waals surface area contributed by atoms with Gasteiger partial charge in [0.1, 0.15) is 0 Å². The molecule has 1 nitrogen and oxygen atoms in total. The van der Waals surface area contributed by atoms with Crippen LogP contribution >= 0.6 is 11.6 Å². The third kappa shape index (κ3) is 3.50. The lowest BCUT2D eigenvalue weighted by Crippen LogP contribution is -2.04. The molecule has 0 saturated heterocycles. The zero-order valence-corrected chi connectivity index (χ0v) is 8.57. The van der Waals surface area contributed by atoms with Crippen LogP contribution in [-0.2, 0) is 0 Å². The van der Waals surface area contributed by atoms with Crippen molar-refractivity contribution in [2.24, 2.45) is 0 Å². The molecule has 0 aliphatic heterocycles. The molecular weight excluding hydrogens is 182 g/mol. The second-order valence-electron chi connectivity index (χ2n) is 2.85. The molecule has 0 heterocycles. The van der Waals surface area contributed by atoms with Gasteiger partial charge in [0, 0.05) is 10.6 Å². The standard InChI is InChI=1S/C11H12ClN/c1-9-6-10(4-3-5-13-2)8-11(12)7-9/h6-8,13H,5H2,1-2H3. The highest BCUT2D eigenvalue weighted by Gasteiger charge is 1.92. The summed E-state index contributed by atoms with van der Waals surface area (Å²) >= 11 is 5.88. The maximum absolute atomic E-state index is 5.88. The van der Waals surface area contributed by atoms with E-state index in [1.807, 2.05) is 32.2 Å². The Kier molecular flexibility index (Phi) is 3.82. The van der Waals surface area contributed by atoms with Crippen molar-refractivity contribution in [2.45, 2.75) is 6.92 Å². The molecule has 1 N–H and O–H groups in total. The molecule has 0 aliphatic carbocycles. The fourth-order valence-electron chi connectivity index (χ4n) is 1.04. The molecule has 0 atom stereocenters. The highest BCUT2D eigenvalue weighted by Crippen LogP contribution is 2.13. The molecule has 0 amide bonds. The average molecular weight is 194 g/mol. The molecule has 0 aromatic heterocycles. The summed E-state index contributed by atoms with van der Waals surface area (Å²) in [5, 5.41) is 3.70. The zero-order chi connectivity index (χ0) is 9.68. The molecule has 68 valence electrons. The van der Waals surface area contributed by atoms with Gasteiger partial charge >= 0.3 is 0 Å². The fraction of sp³-hybridized carbons (Fsp3) is 0.273. The van der Waals surface area contributed by atoms with Crippen molar-refractivity contribution in [1.82, 2.24) is 5.32 Å². The van der Waals surface area contributed by atoms with E-state index >= 15 is 0 Å². The normalized spacial score (nSPS) is 9.15. The first-order valence-electron chi connectivity index (χ1n) is 4.13. The third-order valence-corrected chi connectivity index (χ3v) is 1.76. The number of nitrogens with one attached hydrogen (secondary N) is 1.